The molecule has 0 spiro atoms. The van der Waals surface area contributed by atoms with Crippen LogP contribution in [0.2, 0.25) is 0 Å². The Balaban J connectivity index is 4.73. The fourth-order valence-electron chi connectivity index (χ4n) is 1.88. The van der Waals surface area contributed by atoms with E-state index in [1.165, 1.54) is 0 Å². The lowest BCUT2D eigenvalue weighted by molar-refractivity contribution is -0.114. The first-order valence-electron chi connectivity index (χ1n) is 6.72. The Labute approximate surface area is 112 Å². The van der Waals surface area contributed by atoms with E-state index in [4.69, 9.17) is 9.47 Å². The quantitative estimate of drug-likeness (QED) is 0.680. The molecule has 0 saturated carbocycles. The monoisotopic (exact) mass is 258 g/mol. The van der Waals surface area contributed by atoms with Crippen molar-refractivity contribution in [2.24, 2.45) is 5.41 Å². The highest BCUT2D eigenvalue weighted by atomic mass is 16.5. The minimum absolute atomic E-state index is 0.0712. The normalized spacial score (nSPS) is 19.8. The topological polar surface area (TPSA) is 38.7 Å². The number of aliphatic hydroxyl groups excluding tert-OH is 1. The van der Waals surface area contributed by atoms with Gasteiger partial charge in [0.05, 0.1) is 24.4 Å². The van der Waals surface area contributed by atoms with Crippen LogP contribution in [0.15, 0.2) is 12.2 Å². The molecule has 0 aliphatic heterocycles. The van der Waals surface area contributed by atoms with Gasteiger partial charge >= 0.3 is 0 Å². The van der Waals surface area contributed by atoms with Crippen LogP contribution in [0.4, 0.5) is 0 Å². The highest BCUT2D eigenvalue weighted by Crippen LogP contribution is 2.32. The van der Waals surface area contributed by atoms with Gasteiger partial charge in [0.25, 0.3) is 0 Å². The maximum Gasteiger partial charge on any atom is 0.0855 e. The number of ether oxygens (including phenoxy) is 2. The largest absolute Gasteiger partial charge is 0.392 e. The van der Waals surface area contributed by atoms with Crippen molar-refractivity contribution in [3.63, 3.8) is 0 Å². The highest BCUT2D eigenvalue weighted by Gasteiger charge is 2.36. The first-order valence-corrected chi connectivity index (χ1v) is 6.72. The van der Waals surface area contributed by atoms with Gasteiger partial charge in [-0.15, -0.1) is 0 Å². The third kappa shape index (κ3) is 4.71. The summed E-state index contributed by atoms with van der Waals surface area (Å²) in [4.78, 5) is 0. The molecule has 18 heavy (non-hydrogen) atoms. The van der Waals surface area contributed by atoms with E-state index in [9.17, 15) is 5.11 Å². The number of hydrogen-bond donors (Lipinski definition) is 1. The van der Waals surface area contributed by atoms with Crippen LogP contribution in [0, 0.1) is 5.41 Å². The molecule has 0 aliphatic carbocycles. The van der Waals surface area contributed by atoms with Crippen molar-refractivity contribution in [2.75, 3.05) is 13.7 Å². The van der Waals surface area contributed by atoms with Crippen molar-refractivity contribution in [1.29, 1.82) is 0 Å². The van der Waals surface area contributed by atoms with E-state index in [0.717, 1.165) is 0 Å². The lowest BCUT2D eigenvalue weighted by atomic mass is 9.77. The fourth-order valence-corrected chi connectivity index (χ4v) is 1.88. The summed E-state index contributed by atoms with van der Waals surface area (Å²) in [5, 5.41) is 10.2. The summed E-state index contributed by atoms with van der Waals surface area (Å²) in [5.41, 5.74) is -0.671. The summed E-state index contributed by atoms with van der Waals surface area (Å²) in [5.74, 6) is 0. The molecule has 3 heteroatoms. The summed E-state index contributed by atoms with van der Waals surface area (Å²) < 4.78 is 11.2. The summed E-state index contributed by atoms with van der Waals surface area (Å²) in [6.07, 6.45) is 4.24. The zero-order chi connectivity index (χ0) is 14.4. The molecular formula is C15H30O3. The molecule has 0 bridgehead atoms. The van der Waals surface area contributed by atoms with Crippen LogP contribution in [0.5, 0.6) is 0 Å². The molecule has 0 saturated heterocycles. The molecule has 108 valence electrons. The van der Waals surface area contributed by atoms with Crippen LogP contribution in [0.3, 0.4) is 0 Å². The SMILES string of the molecule is CC=CC(C)(C(O)CC)C(C)OCC(C)(C)OC. The van der Waals surface area contributed by atoms with Crippen LogP contribution in [0.25, 0.3) is 0 Å². The second-order valence-electron chi connectivity index (χ2n) is 5.71. The minimum Gasteiger partial charge on any atom is -0.392 e. The minimum atomic E-state index is -0.408. The average Bonchev–Trinajstić information content (AvgIpc) is 2.35. The van der Waals surface area contributed by atoms with Gasteiger partial charge in [0.15, 0.2) is 0 Å². The molecule has 0 aromatic rings. The van der Waals surface area contributed by atoms with E-state index in [-0.39, 0.29) is 17.1 Å². The van der Waals surface area contributed by atoms with Crippen molar-refractivity contribution in [2.45, 2.75) is 65.8 Å². The predicted molar refractivity (Wildman–Crippen MR) is 75.7 cm³/mol. The van der Waals surface area contributed by atoms with Crippen molar-refractivity contribution < 1.29 is 14.6 Å². The van der Waals surface area contributed by atoms with Gasteiger partial charge in [0.2, 0.25) is 0 Å². The predicted octanol–water partition coefficient (Wildman–Crippen LogP) is 3.17. The lowest BCUT2D eigenvalue weighted by Gasteiger charge is -2.38. The maximum absolute atomic E-state index is 10.2. The van der Waals surface area contributed by atoms with Gasteiger partial charge in [-0.05, 0) is 34.1 Å². The molecule has 1 N–H and O–H groups in total. The molecule has 0 aliphatic rings. The maximum atomic E-state index is 10.2. The molecule has 3 atom stereocenters. The molecule has 0 heterocycles. The van der Waals surface area contributed by atoms with E-state index in [0.29, 0.717) is 13.0 Å². The van der Waals surface area contributed by atoms with E-state index in [1.807, 2.05) is 53.7 Å². The van der Waals surface area contributed by atoms with Crippen LogP contribution in [-0.2, 0) is 9.47 Å². The first kappa shape index (κ1) is 17.6. The Morgan fingerprint density at radius 1 is 1.28 bits per heavy atom. The number of aliphatic hydroxyl groups is 1. The Bertz CT molecular complexity index is 260. The van der Waals surface area contributed by atoms with E-state index in [2.05, 4.69) is 0 Å². The standard InChI is InChI=1S/C15H30O3/c1-8-10-15(6,13(16)9-2)12(3)18-11-14(4,5)17-7/h8,10,12-13,16H,9,11H2,1-7H3. The summed E-state index contributed by atoms with van der Waals surface area (Å²) in [6, 6.07) is 0. The fraction of sp³-hybridized carbons (Fsp3) is 0.867. The zero-order valence-electron chi connectivity index (χ0n) is 13.0. The van der Waals surface area contributed by atoms with Crippen molar-refractivity contribution in [3.8, 4) is 0 Å². The van der Waals surface area contributed by atoms with Crippen molar-refractivity contribution in [3.05, 3.63) is 12.2 Å². The third-order valence-corrected chi connectivity index (χ3v) is 3.74. The van der Waals surface area contributed by atoms with Crippen LogP contribution < -0.4 is 0 Å². The van der Waals surface area contributed by atoms with Crippen molar-refractivity contribution in [1.82, 2.24) is 0 Å². The Kier molecular flexibility index (Phi) is 7.11. The Morgan fingerprint density at radius 3 is 2.22 bits per heavy atom. The van der Waals surface area contributed by atoms with Gasteiger partial charge in [0.1, 0.15) is 0 Å². The van der Waals surface area contributed by atoms with Gasteiger partial charge < -0.3 is 14.6 Å². The number of rotatable bonds is 8. The van der Waals surface area contributed by atoms with E-state index < -0.39 is 6.10 Å². The number of allylic oxidation sites excluding steroid dienone is 1. The molecule has 0 aromatic heterocycles. The lowest BCUT2D eigenvalue weighted by Crippen LogP contribution is -2.43. The van der Waals surface area contributed by atoms with Gasteiger partial charge in [-0.1, -0.05) is 26.0 Å². The molecule has 0 rings (SSSR count). The third-order valence-electron chi connectivity index (χ3n) is 3.74. The van der Waals surface area contributed by atoms with Crippen LogP contribution >= 0.6 is 0 Å². The second-order valence-corrected chi connectivity index (χ2v) is 5.71. The molecule has 0 fully saturated rings. The smallest absolute Gasteiger partial charge is 0.0855 e. The Morgan fingerprint density at radius 2 is 1.83 bits per heavy atom. The molecule has 0 radical (unpaired) electrons. The van der Waals surface area contributed by atoms with Gasteiger partial charge in [-0.25, -0.2) is 0 Å². The molecule has 0 aromatic carbocycles. The molecule has 3 nitrogen and oxygen atoms in total. The van der Waals surface area contributed by atoms with Gasteiger partial charge in [-0.3, -0.25) is 0 Å². The number of hydrogen-bond acceptors (Lipinski definition) is 3. The zero-order valence-corrected chi connectivity index (χ0v) is 13.0. The molecule has 3 unspecified atom stereocenters. The first-order chi connectivity index (χ1) is 8.23. The van der Waals surface area contributed by atoms with Crippen LogP contribution in [-0.4, -0.2) is 36.6 Å². The summed E-state index contributed by atoms with van der Waals surface area (Å²) in [7, 11) is 1.68. The highest BCUT2D eigenvalue weighted by molar-refractivity contribution is 5.03. The molecule has 0 amide bonds. The van der Waals surface area contributed by atoms with Gasteiger partial charge in [0, 0.05) is 12.5 Å². The van der Waals surface area contributed by atoms with Gasteiger partial charge in [-0.2, -0.15) is 0 Å². The summed E-state index contributed by atoms with van der Waals surface area (Å²) in [6.45, 7) is 12.5. The Hall–Kier alpha value is -0.380. The van der Waals surface area contributed by atoms with Crippen molar-refractivity contribution >= 4 is 0 Å². The molecular weight excluding hydrogens is 228 g/mol. The van der Waals surface area contributed by atoms with E-state index >= 15 is 0 Å². The number of methoxy groups -OCH3 is 1. The average molecular weight is 258 g/mol. The van der Waals surface area contributed by atoms with Crippen LogP contribution in [0.1, 0.15) is 48.0 Å². The second kappa shape index (κ2) is 7.27. The van der Waals surface area contributed by atoms with E-state index in [1.54, 1.807) is 7.11 Å². The summed E-state index contributed by atoms with van der Waals surface area (Å²) >= 11 is 0.